The lowest BCUT2D eigenvalue weighted by Gasteiger charge is -2.29. The van der Waals surface area contributed by atoms with Gasteiger partial charge in [0.15, 0.2) is 5.78 Å². The summed E-state index contributed by atoms with van der Waals surface area (Å²) in [5.74, 6) is 0.768. The first-order valence-corrected chi connectivity index (χ1v) is 5.92. The highest BCUT2D eigenvalue weighted by Gasteiger charge is 2.23. The van der Waals surface area contributed by atoms with Gasteiger partial charge >= 0.3 is 0 Å². The van der Waals surface area contributed by atoms with Crippen molar-refractivity contribution in [3.63, 3.8) is 0 Å². The first kappa shape index (κ1) is 14.4. The van der Waals surface area contributed by atoms with Crippen LogP contribution in [0.5, 0.6) is 0 Å². The van der Waals surface area contributed by atoms with Crippen molar-refractivity contribution in [3.05, 3.63) is 11.1 Å². The number of allylic oxidation sites excluding steroid dienone is 2. The van der Waals surface area contributed by atoms with E-state index in [-0.39, 0.29) is 5.41 Å². The SMILES string of the molecule is CCCC(=O)/C(C)=C(\C)C(C)C(C)(C)C. The zero-order valence-electron chi connectivity index (χ0n) is 11.4. The van der Waals surface area contributed by atoms with Gasteiger partial charge in [0.05, 0.1) is 0 Å². The molecular weight excluding hydrogens is 184 g/mol. The fourth-order valence-corrected chi connectivity index (χ4v) is 1.61. The average Bonchev–Trinajstić information content (AvgIpc) is 2.13. The maximum Gasteiger partial charge on any atom is 0.158 e. The number of rotatable bonds is 4. The lowest BCUT2D eigenvalue weighted by Crippen LogP contribution is -2.20. The molecule has 0 spiro atoms. The minimum atomic E-state index is 0.234. The van der Waals surface area contributed by atoms with Crippen LogP contribution in [0.15, 0.2) is 11.1 Å². The van der Waals surface area contributed by atoms with Gasteiger partial charge < -0.3 is 0 Å². The number of hydrogen-bond donors (Lipinski definition) is 0. The van der Waals surface area contributed by atoms with Crippen molar-refractivity contribution in [1.82, 2.24) is 0 Å². The molecule has 1 heteroatoms. The smallest absolute Gasteiger partial charge is 0.158 e. The van der Waals surface area contributed by atoms with E-state index in [1.54, 1.807) is 0 Å². The van der Waals surface area contributed by atoms with Gasteiger partial charge in [-0.05, 0) is 37.2 Å². The molecule has 1 atom stereocenters. The average molecular weight is 210 g/mol. The van der Waals surface area contributed by atoms with Crippen molar-refractivity contribution in [2.75, 3.05) is 0 Å². The van der Waals surface area contributed by atoms with Gasteiger partial charge in [0.2, 0.25) is 0 Å². The van der Waals surface area contributed by atoms with E-state index in [2.05, 4.69) is 34.6 Å². The molecule has 0 aliphatic rings. The van der Waals surface area contributed by atoms with Gasteiger partial charge in [-0.1, -0.05) is 40.2 Å². The highest BCUT2D eigenvalue weighted by molar-refractivity contribution is 5.95. The second-order valence-corrected chi connectivity index (χ2v) is 5.57. The van der Waals surface area contributed by atoms with Gasteiger partial charge in [-0.25, -0.2) is 0 Å². The van der Waals surface area contributed by atoms with Crippen molar-refractivity contribution in [2.24, 2.45) is 11.3 Å². The monoisotopic (exact) mass is 210 g/mol. The molecule has 0 aliphatic heterocycles. The third-order valence-corrected chi connectivity index (χ3v) is 3.44. The number of carbonyl (C=O) groups excluding carboxylic acids is 1. The third kappa shape index (κ3) is 4.19. The molecule has 0 amide bonds. The fraction of sp³-hybridized carbons (Fsp3) is 0.786. The Bertz CT molecular complexity index is 253. The molecule has 0 N–H and O–H groups in total. The van der Waals surface area contributed by atoms with E-state index in [4.69, 9.17) is 0 Å². The first-order valence-electron chi connectivity index (χ1n) is 5.92. The van der Waals surface area contributed by atoms with Crippen molar-refractivity contribution in [3.8, 4) is 0 Å². The molecule has 0 saturated heterocycles. The van der Waals surface area contributed by atoms with Crippen LogP contribution in [0.3, 0.4) is 0 Å². The second-order valence-electron chi connectivity index (χ2n) is 5.57. The minimum Gasteiger partial charge on any atom is -0.295 e. The molecule has 1 unspecified atom stereocenters. The summed E-state index contributed by atoms with van der Waals surface area (Å²) in [4.78, 5) is 11.8. The molecule has 0 saturated carbocycles. The predicted molar refractivity (Wildman–Crippen MR) is 66.9 cm³/mol. The van der Waals surface area contributed by atoms with E-state index in [1.165, 1.54) is 5.57 Å². The Kier molecular flexibility index (Phi) is 5.27. The van der Waals surface area contributed by atoms with Gasteiger partial charge in [0.25, 0.3) is 0 Å². The van der Waals surface area contributed by atoms with Crippen molar-refractivity contribution in [2.45, 2.75) is 61.3 Å². The van der Waals surface area contributed by atoms with Gasteiger partial charge in [-0.2, -0.15) is 0 Å². The summed E-state index contributed by atoms with van der Waals surface area (Å²) in [6.07, 6.45) is 1.62. The normalized spacial score (nSPS) is 15.9. The number of hydrogen-bond acceptors (Lipinski definition) is 1. The molecule has 0 rings (SSSR count). The molecule has 15 heavy (non-hydrogen) atoms. The molecule has 88 valence electrons. The Balaban J connectivity index is 4.86. The third-order valence-electron chi connectivity index (χ3n) is 3.44. The Morgan fingerprint density at radius 3 is 2.00 bits per heavy atom. The van der Waals surface area contributed by atoms with Crippen molar-refractivity contribution >= 4 is 5.78 Å². The van der Waals surface area contributed by atoms with Crippen LogP contribution in [0.2, 0.25) is 0 Å². The van der Waals surface area contributed by atoms with Crippen LogP contribution in [0.1, 0.15) is 61.3 Å². The molecule has 0 aliphatic carbocycles. The molecule has 0 radical (unpaired) electrons. The zero-order valence-corrected chi connectivity index (χ0v) is 11.4. The zero-order chi connectivity index (χ0) is 12.2. The fourth-order valence-electron chi connectivity index (χ4n) is 1.61. The highest BCUT2D eigenvalue weighted by atomic mass is 16.1. The van der Waals surface area contributed by atoms with Crippen LogP contribution in [-0.4, -0.2) is 5.78 Å². The molecule has 0 heterocycles. The minimum absolute atomic E-state index is 0.234. The molecular formula is C14H26O. The summed E-state index contributed by atoms with van der Waals surface area (Å²) in [5, 5.41) is 0. The summed E-state index contributed by atoms with van der Waals surface area (Å²) in [6, 6.07) is 0. The Morgan fingerprint density at radius 2 is 1.67 bits per heavy atom. The lowest BCUT2D eigenvalue weighted by molar-refractivity contribution is -0.115. The maximum atomic E-state index is 11.8. The van der Waals surface area contributed by atoms with Gasteiger partial charge in [-0.3, -0.25) is 4.79 Å². The predicted octanol–water partition coefficient (Wildman–Crippen LogP) is 4.37. The molecule has 0 fully saturated rings. The van der Waals surface area contributed by atoms with E-state index in [1.807, 2.05) is 13.8 Å². The van der Waals surface area contributed by atoms with Crippen LogP contribution >= 0.6 is 0 Å². The summed E-state index contributed by atoms with van der Waals surface area (Å²) in [5.41, 5.74) is 2.46. The molecule has 0 aromatic rings. The Labute approximate surface area is 95.0 Å². The van der Waals surface area contributed by atoms with Gasteiger partial charge in [0.1, 0.15) is 0 Å². The molecule has 0 bridgehead atoms. The Morgan fingerprint density at radius 1 is 1.20 bits per heavy atom. The second kappa shape index (κ2) is 5.48. The van der Waals surface area contributed by atoms with E-state index in [0.717, 1.165) is 12.0 Å². The summed E-state index contributed by atoms with van der Waals surface area (Å²) >= 11 is 0. The largest absolute Gasteiger partial charge is 0.295 e. The first-order chi connectivity index (χ1) is 6.71. The summed E-state index contributed by atoms with van der Waals surface area (Å²) in [6.45, 7) is 15.0. The van der Waals surface area contributed by atoms with Crippen molar-refractivity contribution in [1.29, 1.82) is 0 Å². The standard InChI is InChI=1S/C14H26O/c1-8-9-13(15)11(3)10(2)12(4)14(5,6)7/h12H,8-9H2,1-7H3/b11-10+. The van der Waals surface area contributed by atoms with Crippen molar-refractivity contribution < 1.29 is 4.79 Å². The maximum absolute atomic E-state index is 11.8. The van der Waals surface area contributed by atoms with E-state index in [0.29, 0.717) is 18.1 Å². The Hall–Kier alpha value is -0.590. The van der Waals surface area contributed by atoms with Gasteiger partial charge in [-0.15, -0.1) is 0 Å². The number of ketones is 1. The van der Waals surface area contributed by atoms with Crippen LogP contribution in [0, 0.1) is 11.3 Å². The molecule has 0 aromatic carbocycles. The summed E-state index contributed by atoms with van der Waals surface area (Å²) < 4.78 is 0. The molecule has 0 aromatic heterocycles. The van der Waals surface area contributed by atoms with Crippen LogP contribution in [0.25, 0.3) is 0 Å². The lowest BCUT2D eigenvalue weighted by atomic mass is 9.76. The molecule has 1 nitrogen and oxygen atoms in total. The van der Waals surface area contributed by atoms with E-state index < -0.39 is 0 Å². The summed E-state index contributed by atoms with van der Waals surface area (Å²) in [7, 11) is 0. The van der Waals surface area contributed by atoms with Crippen LogP contribution in [-0.2, 0) is 4.79 Å². The quantitative estimate of drug-likeness (QED) is 0.629. The number of carbonyl (C=O) groups is 1. The van der Waals surface area contributed by atoms with Crippen LogP contribution in [0.4, 0.5) is 0 Å². The topological polar surface area (TPSA) is 17.1 Å². The highest BCUT2D eigenvalue weighted by Crippen LogP contribution is 2.32. The van der Waals surface area contributed by atoms with E-state index >= 15 is 0 Å². The van der Waals surface area contributed by atoms with E-state index in [9.17, 15) is 4.79 Å². The number of Topliss-reactive ketones (excluding diaryl/α,β-unsaturated/α-hetero) is 1. The van der Waals surface area contributed by atoms with Crippen LogP contribution < -0.4 is 0 Å². The van der Waals surface area contributed by atoms with Gasteiger partial charge in [0, 0.05) is 6.42 Å².